The lowest BCUT2D eigenvalue weighted by atomic mass is 9.55. The monoisotopic (exact) mass is 966 g/mol. The number of carbonyl (C=O) groups excluding carboxylic acids is 2. The maximum atomic E-state index is 14.9. The second-order valence-corrected chi connectivity index (χ2v) is 18.8. The predicted octanol–water partition coefficient (Wildman–Crippen LogP) is 10.3. The molecule has 6 atom stereocenters. The Hall–Kier alpha value is -5.97. The number of non-ortho nitro benzene ring substituents is 1. The number of hydrogen-bond acceptors (Lipinski definition) is 13. The van der Waals surface area contributed by atoms with Crippen LogP contribution in [0, 0.1) is 33.8 Å². The average Bonchev–Trinajstić information content (AvgIpc) is 3.90. The Balaban J connectivity index is 1.37. The van der Waals surface area contributed by atoms with Gasteiger partial charge in [-0.3, -0.25) is 20.2 Å². The van der Waals surface area contributed by atoms with Crippen LogP contribution in [0.25, 0.3) is 0 Å². The standard InChI is InChI=1S/C54H70N4O12/c1-5-27-57(50(61)26-19-36-13-7-8-14-36)49-34-46(56-68-35-37-17-20-39(21-18-37)58(63)64)43-31-38(15-9-11-28-59)42(16-10-12-29-60)51-44-32-41(23-25-47(44)70-54(49,52(43)51)67-30-6-2)69-53(62)55-45-24-22-40(65-3)33-48(45)66-4/h6,17-18,20-25,31-33,36,38,42,49,51-52,59-60H,2,5,7-16,19,26-30,34-35H2,1,3-4H3,(H,55,62). The maximum absolute atomic E-state index is 14.9. The summed E-state index contributed by atoms with van der Waals surface area (Å²) in [4.78, 5) is 47.7. The minimum Gasteiger partial charge on any atom is -0.497 e. The number of ether oxygens (including phenoxy) is 5. The summed E-state index contributed by atoms with van der Waals surface area (Å²) in [5.74, 6) is -0.163. The summed E-state index contributed by atoms with van der Waals surface area (Å²) < 4.78 is 31.4. The molecule has 0 radical (unpaired) electrons. The number of unbranched alkanes of at least 4 members (excludes halogenated alkanes) is 2. The molecule has 4 aliphatic rings. The Kier molecular flexibility index (Phi) is 18.3. The number of benzene rings is 3. The van der Waals surface area contributed by atoms with Crippen LogP contribution in [0.2, 0.25) is 0 Å². The zero-order valence-corrected chi connectivity index (χ0v) is 40.9. The molecule has 1 heterocycles. The molecule has 0 bridgehead atoms. The molecule has 3 aliphatic carbocycles. The number of hydrogen-bond donors (Lipinski definition) is 3. The number of nitrogens with zero attached hydrogens (tertiary/aromatic N) is 3. The van der Waals surface area contributed by atoms with E-state index in [2.05, 4.69) is 24.9 Å². The molecular formula is C54H70N4O12. The van der Waals surface area contributed by atoms with E-state index in [1.807, 2.05) is 17.0 Å². The van der Waals surface area contributed by atoms with E-state index in [-0.39, 0.29) is 67.9 Å². The molecule has 2 fully saturated rings. The van der Waals surface area contributed by atoms with Gasteiger partial charge in [0.25, 0.3) is 5.69 Å². The fraction of sp³-hybridized carbons (Fsp3) is 0.537. The first-order valence-electron chi connectivity index (χ1n) is 25.0. The Morgan fingerprint density at radius 2 is 1.71 bits per heavy atom. The highest BCUT2D eigenvalue weighted by molar-refractivity contribution is 6.03. The molecule has 16 nitrogen and oxygen atoms in total. The second kappa shape index (κ2) is 24.7. The minimum absolute atomic E-state index is 0.0188. The topological polar surface area (TPSA) is 201 Å². The van der Waals surface area contributed by atoms with Crippen molar-refractivity contribution in [2.24, 2.45) is 28.8 Å². The Morgan fingerprint density at radius 3 is 2.40 bits per heavy atom. The van der Waals surface area contributed by atoms with E-state index < -0.39 is 28.8 Å². The van der Waals surface area contributed by atoms with Gasteiger partial charge in [0.2, 0.25) is 11.7 Å². The third-order valence-electron chi connectivity index (χ3n) is 14.5. The van der Waals surface area contributed by atoms with Crippen molar-refractivity contribution >= 4 is 29.1 Å². The molecule has 0 saturated heterocycles. The number of nitrogens with one attached hydrogen (secondary N) is 1. The zero-order valence-electron chi connectivity index (χ0n) is 40.9. The second-order valence-electron chi connectivity index (χ2n) is 18.8. The van der Waals surface area contributed by atoms with Gasteiger partial charge in [-0.2, -0.15) is 0 Å². The van der Waals surface area contributed by atoms with E-state index >= 15 is 0 Å². The van der Waals surface area contributed by atoms with Gasteiger partial charge in [-0.25, -0.2) is 4.79 Å². The van der Waals surface area contributed by atoms with Crippen LogP contribution in [-0.4, -0.2) is 90.2 Å². The number of oxime groups is 1. The van der Waals surface area contributed by atoms with E-state index in [9.17, 15) is 29.9 Å². The van der Waals surface area contributed by atoms with Crippen molar-refractivity contribution in [3.8, 4) is 23.0 Å². The van der Waals surface area contributed by atoms with Crippen molar-refractivity contribution in [1.29, 1.82) is 0 Å². The van der Waals surface area contributed by atoms with Gasteiger partial charge in [-0.05, 0) is 110 Å². The molecule has 2 amide bonds. The van der Waals surface area contributed by atoms with E-state index in [4.69, 9.17) is 33.7 Å². The number of nitro benzene ring substituents is 1. The molecule has 70 heavy (non-hydrogen) atoms. The Labute approximate surface area is 411 Å². The lowest BCUT2D eigenvalue weighted by Gasteiger charge is -2.60. The van der Waals surface area contributed by atoms with Crippen LogP contribution in [0.1, 0.15) is 114 Å². The first kappa shape index (κ1) is 51.9. The lowest BCUT2D eigenvalue weighted by molar-refractivity contribution is -0.384. The molecule has 16 heteroatoms. The number of nitro groups is 1. The molecule has 1 aliphatic heterocycles. The van der Waals surface area contributed by atoms with Crippen molar-refractivity contribution in [2.45, 2.75) is 121 Å². The number of carbonyl (C=O) groups is 2. The van der Waals surface area contributed by atoms with E-state index in [1.165, 1.54) is 32.1 Å². The van der Waals surface area contributed by atoms with Crippen LogP contribution in [0.3, 0.4) is 0 Å². The van der Waals surface area contributed by atoms with Gasteiger partial charge < -0.3 is 43.6 Å². The van der Waals surface area contributed by atoms with Gasteiger partial charge in [0.05, 0.1) is 43.1 Å². The summed E-state index contributed by atoms with van der Waals surface area (Å²) in [7, 11) is 3.04. The molecule has 3 aromatic rings. The van der Waals surface area contributed by atoms with Crippen LogP contribution in [0.5, 0.6) is 23.0 Å². The van der Waals surface area contributed by atoms with E-state index in [1.54, 1.807) is 49.6 Å². The first-order valence-corrected chi connectivity index (χ1v) is 25.0. The molecule has 0 aromatic heterocycles. The largest absolute Gasteiger partial charge is 0.497 e. The number of allylic oxidation sites excluding steroid dienone is 1. The summed E-state index contributed by atoms with van der Waals surface area (Å²) in [6, 6.07) is 15.9. The molecule has 7 rings (SSSR count). The number of methoxy groups -OCH3 is 2. The maximum Gasteiger partial charge on any atom is 0.417 e. The molecule has 2 saturated carbocycles. The number of rotatable bonds is 25. The average molecular weight is 967 g/mol. The Bertz CT molecular complexity index is 2330. The fourth-order valence-electron chi connectivity index (χ4n) is 11.2. The highest BCUT2D eigenvalue weighted by Gasteiger charge is 2.65. The van der Waals surface area contributed by atoms with Gasteiger partial charge >= 0.3 is 6.09 Å². The van der Waals surface area contributed by atoms with Crippen LogP contribution in [0.15, 0.2) is 90.1 Å². The van der Waals surface area contributed by atoms with Gasteiger partial charge in [0.15, 0.2) is 0 Å². The first-order chi connectivity index (χ1) is 34.1. The van der Waals surface area contributed by atoms with E-state index in [0.717, 1.165) is 56.1 Å². The van der Waals surface area contributed by atoms with Gasteiger partial charge in [0.1, 0.15) is 35.6 Å². The van der Waals surface area contributed by atoms with Crippen molar-refractivity contribution in [3.05, 3.63) is 106 Å². The normalized spacial score (nSPS) is 23.0. The third-order valence-corrected chi connectivity index (χ3v) is 14.5. The highest BCUT2D eigenvalue weighted by atomic mass is 16.7. The van der Waals surface area contributed by atoms with Crippen LogP contribution in [-0.2, 0) is 21.0 Å². The Morgan fingerprint density at radius 1 is 0.971 bits per heavy atom. The van der Waals surface area contributed by atoms with Gasteiger partial charge in [-0.1, -0.05) is 62.8 Å². The summed E-state index contributed by atoms with van der Waals surface area (Å²) in [5.41, 5.74) is 3.34. The van der Waals surface area contributed by atoms with Crippen LogP contribution < -0.4 is 24.3 Å². The zero-order chi connectivity index (χ0) is 49.6. The molecular weight excluding hydrogens is 897 g/mol. The number of fused-ring (bicyclic) bond motifs is 2. The smallest absolute Gasteiger partial charge is 0.417 e. The summed E-state index contributed by atoms with van der Waals surface area (Å²) >= 11 is 0. The number of aliphatic hydroxyl groups is 2. The lowest BCUT2D eigenvalue weighted by Crippen LogP contribution is -2.70. The summed E-state index contributed by atoms with van der Waals surface area (Å²) in [6.07, 6.45) is 14.1. The van der Waals surface area contributed by atoms with E-state index in [0.29, 0.717) is 72.4 Å². The van der Waals surface area contributed by atoms with Crippen molar-refractivity contribution < 1.29 is 53.2 Å². The fourth-order valence-corrected chi connectivity index (χ4v) is 11.2. The summed E-state index contributed by atoms with van der Waals surface area (Å²) in [6.45, 7) is 6.80. The molecule has 378 valence electrons. The summed E-state index contributed by atoms with van der Waals surface area (Å²) in [5, 5.41) is 39.2. The van der Waals surface area contributed by atoms with Crippen molar-refractivity contribution in [3.63, 3.8) is 0 Å². The van der Waals surface area contributed by atoms with Crippen molar-refractivity contribution in [2.75, 3.05) is 45.9 Å². The third kappa shape index (κ3) is 12.0. The molecule has 0 spiro atoms. The van der Waals surface area contributed by atoms with Crippen LogP contribution >= 0.6 is 0 Å². The number of amides is 2. The van der Waals surface area contributed by atoms with Gasteiger partial charge in [0, 0.05) is 62.3 Å². The van der Waals surface area contributed by atoms with Crippen LogP contribution in [0.4, 0.5) is 16.2 Å². The van der Waals surface area contributed by atoms with Crippen molar-refractivity contribution in [1.82, 2.24) is 4.90 Å². The molecule has 3 N–H and O–H groups in total. The molecule has 3 aromatic carbocycles. The number of aliphatic hydroxyl groups excluding tert-OH is 2. The SMILES string of the molecule is C=CCOC12Oc3ccc(OC(=O)Nc4ccc(OC)cc4OC)cc3C3C(CCCCO)C(CCCCO)C=C(C(=NOCc4ccc([N+](=O)[O-])cc4)CC1N(CCC)C(=O)CCC1CCCC1)C32. The quantitative estimate of drug-likeness (QED) is 0.0315. The van der Waals surface area contributed by atoms with Gasteiger partial charge in [-0.15, -0.1) is 6.58 Å². The predicted molar refractivity (Wildman–Crippen MR) is 265 cm³/mol. The number of anilines is 1. The minimum atomic E-state index is -1.44. The highest BCUT2D eigenvalue weighted by Crippen LogP contribution is 2.62. The molecule has 6 unspecified atom stereocenters.